The van der Waals surface area contributed by atoms with Crippen LogP contribution in [0.5, 0.6) is 0 Å². The van der Waals surface area contributed by atoms with Crippen molar-refractivity contribution in [2.24, 2.45) is 17.8 Å². The van der Waals surface area contributed by atoms with Crippen molar-refractivity contribution in [3.8, 4) is 0 Å². The van der Waals surface area contributed by atoms with Crippen molar-refractivity contribution < 1.29 is 9.53 Å². The zero-order chi connectivity index (χ0) is 18.4. The average Bonchev–Trinajstić information content (AvgIpc) is 2.41. The van der Waals surface area contributed by atoms with Crippen LogP contribution in [-0.4, -0.2) is 25.6 Å². The second-order valence-electron chi connectivity index (χ2n) is 8.78. The second kappa shape index (κ2) is 9.19. The smallest absolute Gasteiger partial charge is 0.192 e. The fourth-order valence-corrected chi connectivity index (χ4v) is 3.35. The number of aliphatic hydroxyl groups is 1. The van der Waals surface area contributed by atoms with Crippen molar-refractivity contribution in [1.29, 1.82) is 0 Å². The molecule has 0 aliphatic rings. The zero-order valence-electron chi connectivity index (χ0n) is 16.9. The first-order chi connectivity index (χ1) is 10.3. The molecule has 0 aromatic carbocycles. The van der Waals surface area contributed by atoms with Crippen molar-refractivity contribution in [3.05, 3.63) is 24.8 Å². The summed E-state index contributed by atoms with van der Waals surface area (Å²) in [6, 6.07) is 0. The molecule has 4 atom stereocenters. The van der Waals surface area contributed by atoms with Crippen LogP contribution in [-0.2, 0) is 4.43 Å². The minimum absolute atomic E-state index is 0.0749. The van der Waals surface area contributed by atoms with E-state index in [9.17, 15) is 5.11 Å². The van der Waals surface area contributed by atoms with Crippen molar-refractivity contribution in [1.82, 2.24) is 0 Å². The minimum atomic E-state index is -1.91. The van der Waals surface area contributed by atoms with Gasteiger partial charge in [-0.3, -0.25) is 0 Å². The molecule has 0 bridgehead atoms. The van der Waals surface area contributed by atoms with E-state index in [0.717, 1.165) is 0 Å². The third kappa shape index (κ3) is 7.36. The van der Waals surface area contributed by atoms with Gasteiger partial charge in [0, 0.05) is 5.92 Å². The topological polar surface area (TPSA) is 29.5 Å². The Hall–Kier alpha value is -0.383. The van der Waals surface area contributed by atoms with Gasteiger partial charge in [-0.1, -0.05) is 66.7 Å². The molecule has 0 spiro atoms. The highest BCUT2D eigenvalue weighted by Gasteiger charge is 2.40. The van der Waals surface area contributed by atoms with Crippen molar-refractivity contribution in [2.45, 2.75) is 85.2 Å². The van der Waals surface area contributed by atoms with Crippen LogP contribution in [0.1, 0.15) is 54.9 Å². The molecule has 0 aromatic rings. The molecule has 0 aromatic heterocycles. The third-order valence-electron chi connectivity index (χ3n) is 5.34. The van der Waals surface area contributed by atoms with Gasteiger partial charge in [0.1, 0.15) is 0 Å². The number of hydrogen-bond acceptors (Lipinski definition) is 2. The van der Waals surface area contributed by atoms with Gasteiger partial charge >= 0.3 is 0 Å². The van der Waals surface area contributed by atoms with E-state index in [1.807, 2.05) is 6.08 Å². The number of hydrogen-bond donors (Lipinski definition) is 1. The average molecular weight is 341 g/mol. The molecule has 0 aliphatic heterocycles. The SMILES string of the molecule is C=CC[C@H](O[Si](C)(C)C(C)(C)C)[C@H](O)[C@H](C)/C=C\[C@@H](C)C(C)C. The zero-order valence-corrected chi connectivity index (χ0v) is 17.9. The van der Waals surface area contributed by atoms with Gasteiger partial charge in [-0.2, -0.15) is 0 Å². The summed E-state index contributed by atoms with van der Waals surface area (Å²) >= 11 is 0. The molecular weight excluding hydrogens is 300 g/mol. The first-order valence-corrected chi connectivity index (χ1v) is 11.9. The number of rotatable bonds is 9. The van der Waals surface area contributed by atoms with Gasteiger partial charge in [0.2, 0.25) is 0 Å². The van der Waals surface area contributed by atoms with Gasteiger partial charge in [0.25, 0.3) is 0 Å². The Morgan fingerprint density at radius 2 is 1.52 bits per heavy atom. The molecule has 0 rings (SSSR count). The Bertz CT molecular complexity index is 380. The van der Waals surface area contributed by atoms with Crippen LogP contribution in [0.4, 0.5) is 0 Å². The van der Waals surface area contributed by atoms with Gasteiger partial charge in [-0.25, -0.2) is 0 Å². The molecule has 0 amide bonds. The maximum Gasteiger partial charge on any atom is 0.192 e. The molecule has 2 nitrogen and oxygen atoms in total. The summed E-state index contributed by atoms with van der Waals surface area (Å²) in [7, 11) is -1.91. The molecule has 1 N–H and O–H groups in total. The second-order valence-corrected chi connectivity index (χ2v) is 13.5. The standard InChI is InChI=1S/C20H40O2Si/c1-11-12-18(22-23(9,10)20(6,7)8)19(21)17(5)14-13-16(4)15(2)3/h11,13-19,21H,1,12H2,2-10H3/b14-13-/t16-,17-,18+,19-/m1/s1. The molecule has 0 saturated heterocycles. The van der Waals surface area contributed by atoms with Crippen LogP contribution in [0.2, 0.25) is 18.1 Å². The molecule has 0 radical (unpaired) electrons. The Morgan fingerprint density at radius 1 is 1.04 bits per heavy atom. The van der Waals surface area contributed by atoms with Gasteiger partial charge in [0.05, 0.1) is 12.2 Å². The summed E-state index contributed by atoms with van der Waals surface area (Å²) in [5.41, 5.74) is 0. The summed E-state index contributed by atoms with van der Waals surface area (Å²) in [6.07, 6.45) is 6.22. The Balaban J connectivity index is 5.05. The summed E-state index contributed by atoms with van der Waals surface area (Å²) < 4.78 is 6.46. The van der Waals surface area contributed by atoms with E-state index in [0.29, 0.717) is 18.3 Å². The quantitative estimate of drug-likeness (QED) is 0.424. The summed E-state index contributed by atoms with van der Waals surface area (Å²) in [6.45, 7) is 23.7. The molecule has 0 saturated carbocycles. The highest BCUT2D eigenvalue weighted by Crippen LogP contribution is 2.38. The van der Waals surface area contributed by atoms with Crippen LogP contribution in [0.3, 0.4) is 0 Å². The van der Waals surface area contributed by atoms with E-state index in [-0.39, 0.29) is 17.1 Å². The van der Waals surface area contributed by atoms with Gasteiger partial charge in [-0.05, 0) is 36.4 Å². The first kappa shape index (κ1) is 22.6. The highest BCUT2D eigenvalue weighted by molar-refractivity contribution is 6.74. The summed E-state index contributed by atoms with van der Waals surface area (Å²) in [5.74, 6) is 1.21. The fourth-order valence-electron chi connectivity index (χ4n) is 2.00. The van der Waals surface area contributed by atoms with E-state index >= 15 is 0 Å². The van der Waals surface area contributed by atoms with Crippen molar-refractivity contribution in [2.75, 3.05) is 0 Å². The molecule has 0 unspecified atom stereocenters. The Kier molecular flexibility index (Phi) is 9.04. The number of allylic oxidation sites excluding steroid dienone is 1. The van der Waals surface area contributed by atoms with Crippen molar-refractivity contribution in [3.63, 3.8) is 0 Å². The van der Waals surface area contributed by atoms with Crippen LogP contribution in [0.25, 0.3) is 0 Å². The molecule has 3 heteroatoms. The Morgan fingerprint density at radius 3 is 1.91 bits per heavy atom. The van der Waals surface area contributed by atoms with Crippen LogP contribution in [0.15, 0.2) is 24.8 Å². The van der Waals surface area contributed by atoms with E-state index in [2.05, 4.69) is 80.3 Å². The van der Waals surface area contributed by atoms with Crippen LogP contribution in [0, 0.1) is 17.8 Å². The molecule has 0 aliphatic carbocycles. The molecule has 0 heterocycles. The lowest BCUT2D eigenvalue weighted by Crippen LogP contribution is -2.48. The molecule has 136 valence electrons. The van der Waals surface area contributed by atoms with Crippen LogP contribution >= 0.6 is 0 Å². The van der Waals surface area contributed by atoms with E-state index in [1.165, 1.54) is 0 Å². The lowest BCUT2D eigenvalue weighted by Gasteiger charge is -2.41. The predicted octanol–water partition coefficient (Wildman–Crippen LogP) is 5.80. The fraction of sp³-hybridized carbons (Fsp3) is 0.800. The largest absolute Gasteiger partial charge is 0.411 e. The lowest BCUT2D eigenvalue weighted by molar-refractivity contribution is 0.00806. The minimum Gasteiger partial charge on any atom is -0.411 e. The molecule has 23 heavy (non-hydrogen) atoms. The lowest BCUT2D eigenvalue weighted by atomic mass is 9.93. The summed E-state index contributed by atoms with van der Waals surface area (Å²) in [4.78, 5) is 0. The first-order valence-electron chi connectivity index (χ1n) is 8.98. The van der Waals surface area contributed by atoms with E-state index in [4.69, 9.17) is 4.43 Å². The molecule has 0 fully saturated rings. The normalized spacial score (nSPS) is 18.9. The maximum atomic E-state index is 10.8. The summed E-state index contributed by atoms with van der Waals surface area (Å²) in [5, 5.41) is 10.9. The van der Waals surface area contributed by atoms with Gasteiger partial charge in [0.15, 0.2) is 8.32 Å². The van der Waals surface area contributed by atoms with Gasteiger partial charge in [-0.15, -0.1) is 6.58 Å². The predicted molar refractivity (Wildman–Crippen MR) is 105 cm³/mol. The van der Waals surface area contributed by atoms with E-state index < -0.39 is 14.4 Å². The van der Waals surface area contributed by atoms with Crippen LogP contribution < -0.4 is 0 Å². The Labute approximate surface area is 146 Å². The third-order valence-corrected chi connectivity index (χ3v) is 9.84. The maximum absolute atomic E-state index is 10.8. The monoisotopic (exact) mass is 340 g/mol. The van der Waals surface area contributed by atoms with E-state index in [1.54, 1.807) is 0 Å². The number of aliphatic hydroxyl groups excluding tert-OH is 1. The van der Waals surface area contributed by atoms with Crippen molar-refractivity contribution >= 4 is 8.32 Å². The molecular formula is C20H40O2Si. The van der Waals surface area contributed by atoms with Gasteiger partial charge < -0.3 is 9.53 Å². The highest BCUT2D eigenvalue weighted by atomic mass is 28.4.